The maximum atomic E-state index is 12.3. The molecule has 2 rings (SSSR count). The molecule has 1 amide bonds. The minimum absolute atomic E-state index is 0.00389. The Morgan fingerprint density at radius 2 is 2.04 bits per heavy atom. The predicted molar refractivity (Wildman–Crippen MR) is 85.4 cm³/mol. The van der Waals surface area contributed by atoms with E-state index in [1.807, 2.05) is 16.8 Å². The molecule has 0 aliphatic carbocycles. The molecule has 1 aliphatic heterocycles. The average molecular weight is 343 g/mol. The number of nitrogens with one attached hydrogen (secondary N) is 1. The van der Waals surface area contributed by atoms with Crippen molar-refractivity contribution in [2.45, 2.75) is 13.2 Å². The highest BCUT2D eigenvalue weighted by Crippen LogP contribution is 2.29. The zero-order valence-electron chi connectivity index (χ0n) is 13.9. The number of carbonyl (C=O) groups excluding carboxylic acids is 1. The molecule has 1 aliphatic rings. The van der Waals surface area contributed by atoms with Crippen molar-refractivity contribution in [2.24, 2.45) is 0 Å². The van der Waals surface area contributed by atoms with E-state index in [0.717, 1.165) is 31.7 Å². The van der Waals surface area contributed by atoms with Crippen LogP contribution in [0, 0.1) is 0 Å². The van der Waals surface area contributed by atoms with Gasteiger partial charge in [-0.15, -0.1) is 0 Å². The van der Waals surface area contributed by atoms with Crippen LogP contribution in [0.15, 0.2) is 18.2 Å². The van der Waals surface area contributed by atoms with E-state index >= 15 is 0 Å². The fraction of sp³-hybridized carbons (Fsp3) is 0.562. The number of benzene rings is 1. The molecule has 0 spiro atoms. The first-order valence-electron chi connectivity index (χ1n) is 7.78. The molecular weight excluding hydrogens is 320 g/mol. The fourth-order valence-electron chi connectivity index (χ4n) is 2.62. The van der Waals surface area contributed by atoms with E-state index in [-0.39, 0.29) is 17.4 Å². The van der Waals surface area contributed by atoms with Crippen molar-refractivity contribution in [1.82, 2.24) is 15.1 Å². The highest BCUT2D eigenvalue weighted by molar-refractivity contribution is 5.78. The zero-order chi connectivity index (χ0) is 17.5. The Morgan fingerprint density at radius 1 is 1.33 bits per heavy atom. The summed E-state index contributed by atoms with van der Waals surface area (Å²) in [7, 11) is 3.24. The lowest BCUT2D eigenvalue weighted by Crippen LogP contribution is -2.49. The van der Waals surface area contributed by atoms with Crippen LogP contribution < -0.4 is 14.8 Å². The van der Waals surface area contributed by atoms with Crippen LogP contribution in [-0.2, 0) is 11.3 Å². The number of nitrogens with zero attached hydrogens (tertiary/aromatic N) is 2. The Morgan fingerprint density at radius 3 is 2.67 bits per heavy atom. The molecule has 0 unspecified atom stereocenters. The number of ether oxygens (including phenoxy) is 2. The largest absolute Gasteiger partial charge is 0.493 e. The molecule has 0 bridgehead atoms. The molecule has 0 radical (unpaired) electrons. The third-order valence-corrected chi connectivity index (χ3v) is 3.77. The number of alkyl halides is 2. The third kappa shape index (κ3) is 5.31. The number of halogens is 2. The van der Waals surface area contributed by atoms with Crippen molar-refractivity contribution in [3.8, 4) is 11.5 Å². The van der Waals surface area contributed by atoms with E-state index in [1.165, 1.54) is 13.2 Å². The second kappa shape index (κ2) is 8.79. The van der Waals surface area contributed by atoms with Crippen molar-refractivity contribution in [3.63, 3.8) is 0 Å². The van der Waals surface area contributed by atoms with Gasteiger partial charge in [0.25, 0.3) is 0 Å². The number of likely N-dealkylation sites (N-methyl/N-ethyl adjacent to an activating group) is 1. The molecular formula is C16H23F2N3O3. The van der Waals surface area contributed by atoms with Crippen molar-refractivity contribution in [3.05, 3.63) is 23.8 Å². The van der Waals surface area contributed by atoms with Gasteiger partial charge in [-0.05, 0) is 24.7 Å². The van der Waals surface area contributed by atoms with Crippen LogP contribution in [-0.4, -0.2) is 69.2 Å². The fourth-order valence-corrected chi connectivity index (χ4v) is 2.62. The Hall–Kier alpha value is -1.93. The van der Waals surface area contributed by atoms with Crippen LogP contribution in [0.25, 0.3) is 0 Å². The van der Waals surface area contributed by atoms with E-state index in [9.17, 15) is 13.6 Å². The predicted octanol–water partition coefficient (Wildman–Crippen LogP) is 1.16. The zero-order valence-corrected chi connectivity index (χ0v) is 13.9. The first-order chi connectivity index (χ1) is 11.5. The molecule has 1 N–H and O–H groups in total. The van der Waals surface area contributed by atoms with E-state index in [0.29, 0.717) is 13.1 Å². The molecule has 1 fully saturated rings. The molecule has 24 heavy (non-hydrogen) atoms. The second-order valence-electron chi connectivity index (χ2n) is 5.67. The summed E-state index contributed by atoms with van der Waals surface area (Å²) in [6.07, 6.45) is 0. The molecule has 1 aromatic rings. The highest BCUT2D eigenvalue weighted by Gasteiger charge is 2.18. The summed E-state index contributed by atoms with van der Waals surface area (Å²) in [6, 6.07) is 4.78. The standard InChI is InChI=1S/C16H23F2N3O3/c1-20(11-15(22)21-7-5-19-6-8-21)10-12-3-4-13(24-16(17)18)14(9-12)23-2/h3-4,9,16,19H,5-8,10-11H2,1-2H3. The molecule has 1 aromatic carbocycles. The number of hydrogen-bond donors (Lipinski definition) is 1. The summed E-state index contributed by atoms with van der Waals surface area (Å²) in [5.41, 5.74) is 0.851. The van der Waals surface area contributed by atoms with Crippen molar-refractivity contribution in [2.75, 3.05) is 46.9 Å². The van der Waals surface area contributed by atoms with E-state index < -0.39 is 6.61 Å². The number of amides is 1. The molecule has 6 nitrogen and oxygen atoms in total. The van der Waals surface area contributed by atoms with Crippen LogP contribution >= 0.6 is 0 Å². The monoisotopic (exact) mass is 343 g/mol. The van der Waals surface area contributed by atoms with Crippen molar-refractivity contribution in [1.29, 1.82) is 0 Å². The lowest BCUT2D eigenvalue weighted by molar-refractivity contribution is -0.132. The number of methoxy groups -OCH3 is 1. The van der Waals surface area contributed by atoms with Gasteiger partial charge in [0.1, 0.15) is 0 Å². The Kier molecular flexibility index (Phi) is 6.74. The average Bonchev–Trinajstić information content (AvgIpc) is 2.56. The van der Waals surface area contributed by atoms with Gasteiger partial charge in [0.2, 0.25) is 5.91 Å². The summed E-state index contributed by atoms with van der Waals surface area (Å²) in [6.45, 7) is 0.987. The summed E-state index contributed by atoms with van der Waals surface area (Å²) in [5.74, 6) is 0.328. The Bertz CT molecular complexity index is 551. The molecule has 8 heteroatoms. The smallest absolute Gasteiger partial charge is 0.387 e. The van der Waals surface area contributed by atoms with Gasteiger partial charge in [0.15, 0.2) is 11.5 Å². The van der Waals surface area contributed by atoms with Crippen LogP contribution in [0.3, 0.4) is 0 Å². The molecule has 0 saturated carbocycles. The lowest BCUT2D eigenvalue weighted by atomic mass is 10.2. The van der Waals surface area contributed by atoms with Gasteiger partial charge in [0.05, 0.1) is 13.7 Å². The lowest BCUT2D eigenvalue weighted by Gasteiger charge is -2.29. The topological polar surface area (TPSA) is 54.0 Å². The van der Waals surface area contributed by atoms with Crippen LogP contribution in [0.1, 0.15) is 5.56 Å². The van der Waals surface area contributed by atoms with Crippen molar-refractivity contribution >= 4 is 5.91 Å². The summed E-state index contributed by atoms with van der Waals surface area (Å²) >= 11 is 0. The third-order valence-electron chi connectivity index (χ3n) is 3.77. The van der Waals surface area contributed by atoms with Crippen LogP contribution in [0.4, 0.5) is 8.78 Å². The molecule has 1 saturated heterocycles. The minimum Gasteiger partial charge on any atom is -0.493 e. The summed E-state index contributed by atoms with van der Waals surface area (Å²) in [4.78, 5) is 15.9. The van der Waals surface area contributed by atoms with Gasteiger partial charge in [-0.1, -0.05) is 6.07 Å². The summed E-state index contributed by atoms with van der Waals surface area (Å²) in [5, 5.41) is 3.21. The van der Waals surface area contributed by atoms with Gasteiger partial charge in [-0.25, -0.2) is 0 Å². The van der Waals surface area contributed by atoms with Crippen molar-refractivity contribution < 1.29 is 23.0 Å². The first kappa shape index (κ1) is 18.4. The van der Waals surface area contributed by atoms with Gasteiger partial charge in [0, 0.05) is 32.7 Å². The summed E-state index contributed by atoms with van der Waals surface area (Å²) < 4.78 is 34.2. The van der Waals surface area contributed by atoms with E-state index in [4.69, 9.17) is 4.74 Å². The SMILES string of the molecule is COc1cc(CN(C)CC(=O)N2CCNCC2)ccc1OC(F)F. The Balaban J connectivity index is 1.93. The maximum absolute atomic E-state index is 12.3. The molecule has 0 atom stereocenters. The van der Waals surface area contributed by atoms with E-state index in [2.05, 4.69) is 10.1 Å². The minimum atomic E-state index is -2.90. The van der Waals surface area contributed by atoms with Crippen LogP contribution in [0.2, 0.25) is 0 Å². The van der Waals surface area contributed by atoms with Gasteiger partial charge < -0.3 is 19.7 Å². The Labute approximate surface area is 140 Å². The van der Waals surface area contributed by atoms with Crippen LogP contribution in [0.5, 0.6) is 11.5 Å². The normalized spacial score (nSPS) is 15.0. The first-order valence-corrected chi connectivity index (χ1v) is 7.78. The van der Waals surface area contributed by atoms with E-state index in [1.54, 1.807) is 12.1 Å². The molecule has 134 valence electrons. The second-order valence-corrected chi connectivity index (χ2v) is 5.67. The molecule has 1 heterocycles. The quantitative estimate of drug-likeness (QED) is 0.805. The van der Waals surface area contributed by atoms with Gasteiger partial charge in [-0.2, -0.15) is 8.78 Å². The maximum Gasteiger partial charge on any atom is 0.387 e. The van der Waals surface area contributed by atoms with Gasteiger partial charge >= 0.3 is 6.61 Å². The number of rotatable bonds is 7. The number of carbonyl (C=O) groups is 1. The number of hydrogen-bond acceptors (Lipinski definition) is 5. The van der Waals surface area contributed by atoms with Gasteiger partial charge in [-0.3, -0.25) is 9.69 Å². The molecule has 0 aromatic heterocycles. The highest BCUT2D eigenvalue weighted by atomic mass is 19.3. The number of piperazine rings is 1.